The first-order valence-electron chi connectivity index (χ1n) is 14.3. The quantitative estimate of drug-likeness (QED) is 0.308. The fraction of sp³-hybridized carbons (Fsp3) is 0.500. The first kappa shape index (κ1) is 33.9. The Kier molecular flexibility index (Phi) is 11.6. The lowest BCUT2D eigenvalue weighted by Crippen LogP contribution is -2.52. The van der Waals surface area contributed by atoms with Crippen LogP contribution in [-0.4, -0.2) is 61.0 Å². The van der Waals surface area contributed by atoms with Crippen LogP contribution in [0, 0.1) is 16.7 Å². The summed E-state index contributed by atoms with van der Waals surface area (Å²) in [5.41, 5.74) is 0.376. The van der Waals surface area contributed by atoms with Gasteiger partial charge in [0.25, 0.3) is 15.1 Å². The first-order chi connectivity index (χ1) is 20.2. The van der Waals surface area contributed by atoms with E-state index in [2.05, 4.69) is 11.4 Å². The van der Waals surface area contributed by atoms with E-state index in [1.807, 2.05) is 74.5 Å². The summed E-state index contributed by atoms with van der Waals surface area (Å²) in [6.45, 7) is 8.55. The zero-order valence-electron chi connectivity index (χ0n) is 25.5. The molecule has 234 valence electrons. The van der Waals surface area contributed by atoms with Crippen LogP contribution >= 0.6 is 0 Å². The molecule has 0 fully saturated rings. The molecule has 2 aromatic carbocycles. The van der Waals surface area contributed by atoms with Gasteiger partial charge in [-0.15, -0.1) is 0 Å². The summed E-state index contributed by atoms with van der Waals surface area (Å²) in [4.78, 5) is 12.7. The molecule has 3 atom stereocenters. The minimum atomic E-state index is -4.28. The van der Waals surface area contributed by atoms with Crippen molar-refractivity contribution in [3.63, 3.8) is 0 Å². The van der Waals surface area contributed by atoms with Crippen molar-refractivity contribution in [3.8, 4) is 6.07 Å². The number of alkyl carbamates (subject to hydrolysis) is 1. The van der Waals surface area contributed by atoms with Gasteiger partial charge < -0.3 is 24.6 Å². The smallest absolute Gasteiger partial charge is 0.407 e. The van der Waals surface area contributed by atoms with Crippen molar-refractivity contribution in [3.05, 3.63) is 83.1 Å². The number of rotatable bonds is 14. The van der Waals surface area contributed by atoms with Crippen molar-refractivity contribution in [2.24, 2.45) is 5.41 Å². The van der Waals surface area contributed by atoms with Crippen LogP contribution < -0.4 is 5.32 Å². The molecule has 11 heteroatoms. The number of nitrogens with zero attached hydrogens (tertiary/aromatic N) is 2. The van der Waals surface area contributed by atoms with Gasteiger partial charge in [-0.25, -0.2) is 13.2 Å². The second kappa shape index (κ2) is 14.7. The molecule has 1 unspecified atom stereocenters. The van der Waals surface area contributed by atoms with Crippen molar-refractivity contribution >= 4 is 16.1 Å². The van der Waals surface area contributed by atoms with Gasteiger partial charge in [-0.05, 0) is 50.2 Å². The lowest BCUT2D eigenvalue weighted by molar-refractivity contribution is -0.0250. The van der Waals surface area contributed by atoms with Crippen LogP contribution in [0.2, 0.25) is 0 Å². The van der Waals surface area contributed by atoms with E-state index in [0.717, 1.165) is 21.7 Å². The van der Waals surface area contributed by atoms with Crippen LogP contribution in [0.25, 0.3) is 0 Å². The summed E-state index contributed by atoms with van der Waals surface area (Å²) >= 11 is 0. The monoisotopic (exact) mass is 613 g/mol. The molecule has 0 saturated carbocycles. The number of benzene rings is 2. The highest BCUT2D eigenvalue weighted by Gasteiger charge is 2.40. The Bertz CT molecular complexity index is 1370. The van der Waals surface area contributed by atoms with E-state index in [4.69, 9.17) is 19.5 Å². The third kappa shape index (κ3) is 10.9. The van der Waals surface area contributed by atoms with E-state index in [9.17, 15) is 18.3 Å². The SMILES string of the molecule is CC(C)(CCC#N)CN(C[C@H](O)[C@H](Cc1ccccc1)NC(=O)OC(C)(C)C)S(=O)(=O)C1=COC(Cc2ccccc2)O1. The number of carbonyl (C=O) groups is 1. The summed E-state index contributed by atoms with van der Waals surface area (Å²) in [5, 5.41) is 23.0. The molecule has 0 bridgehead atoms. The topological polar surface area (TPSA) is 138 Å². The average Bonchev–Trinajstić information content (AvgIpc) is 3.40. The largest absolute Gasteiger partial charge is 0.457 e. The zero-order chi connectivity index (χ0) is 31.7. The molecule has 2 aromatic rings. The van der Waals surface area contributed by atoms with Crippen LogP contribution in [0.4, 0.5) is 4.79 Å². The van der Waals surface area contributed by atoms with Gasteiger partial charge >= 0.3 is 6.09 Å². The molecular weight excluding hydrogens is 570 g/mol. The molecule has 1 heterocycles. The first-order valence-corrected chi connectivity index (χ1v) is 15.8. The molecular formula is C32H43N3O7S. The van der Waals surface area contributed by atoms with Crippen molar-refractivity contribution in [1.29, 1.82) is 5.26 Å². The summed E-state index contributed by atoms with van der Waals surface area (Å²) in [6.07, 6.45) is -0.549. The van der Waals surface area contributed by atoms with Gasteiger partial charge in [0.2, 0.25) is 6.29 Å². The fourth-order valence-electron chi connectivity index (χ4n) is 4.61. The Balaban J connectivity index is 1.85. The number of hydrogen-bond acceptors (Lipinski definition) is 8. The Labute approximate surface area is 255 Å². The highest BCUT2D eigenvalue weighted by atomic mass is 32.2. The molecule has 0 aliphatic carbocycles. The minimum absolute atomic E-state index is 0.0113. The maximum absolute atomic E-state index is 14.0. The van der Waals surface area contributed by atoms with Crippen molar-refractivity contribution in [1.82, 2.24) is 9.62 Å². The number of amides is 1. The van der Waals surface area contributed by atoms with E-state index in [-0.39, 0.29) is 31.0 Å². The summed E-state index contributed by atoms with van der Waals surface area (Å²) in [6, 6.07) is 19.9. The second-order valence-electron chi connectivity index (χ2n) is 12.4. The predicted molar refractivity (Wildman–Crippen MR) is 163 cm³/mol. The Morgan fingerprint density at radius 2 is 1.67 bits per heavy atom. The average molecular weight is 614 g/mol. The van der Waals surface area contributed by atoms with E-state index in [0.29, 0.717) is 12.8 Å². The van der Waals surface area contributed by atoms with Gasteiger partial charge in [0, 0.05) is 25.9 Å². The Hall–Kier alpha value is -3.59. The normalized spacial score (nSPS) is 16.8. The molecule has 3 rings (SSSR count). The summed E-state index contributed by atoms with van der Waals surface area (Å²) in [5.74, 6) is 0. The van der Waals surface area contributed by atoms with E-state index >= 15 is 0 Å². The van der Waals surface area contributed by atoms with E-state index in [1.54, 1.807) is 20.8 Å². The zero-order valence-corrected chi connectivity index (χ0v) is 26.3. The number of aliphatic hydroxyl groups excluding tert-OH is 1. The van der Waals surface area contributed by atoms with Gasteiger partial charge in [0.15, 0.2) is 0 Å². The molecule has 1 aliphatic rings. The fourth-order valence-corrected chi connectivity index (χ4v) is 6.14. The lowest BCUT2D eigenvalue weighted by atomic mass is 9.88. The third-order valence-electron chi connectivity index (χ3n) is 6.78. The third-order valence-corrected chi connectivity index (χ3v) is 8.44. The second-order valence-corrected chi connectivity index (χ2v) is 14.3. The van der Waals surface area contributed by atoms with Gasteiger partial charge in [-0.3, -0.25) is 0 Å². The van der Waals surface area contributed by atoms with E-state index < -0.39 is 45.6 Å². The summed E-state index contributed by atoms with van der Waals surface area (Å²) in [7, 11) is -4.28. The molecule has 0 aromatic heterocycles. The molecule has 10 nitrogen and oxygen atoms in total. The summed E-state index contributed by atoms with van der Waals surface area (Å²) < 4.78 is 45.8. The maximum atomic E-state index is 14.0. The molecule has 0 saturated heterocycles. The number of ether oxygens (including phenoxy) is 3. The number of sulfonamides is 1. The number of nitrogens with one attached hydrogen (secondary N) is 1. The van der Waals surface area contributed by atoms with Crippen LogP contribution in [0.3, 0.4) is 0 Å². The maximum Gasteiger partial charge on any atom is 0.407 e. The van der Waals surface area contributed by atoms with Crippen molar-refractivity contribution in [2.75, 3.05) is 13.1 Å². The Morgan fingerprint density at radius 3 is 2.26 bits per heavy atom. The molecule has 0 radical (unpaired) electrons. The van der Waals surface area contributed by atoms with Gasteiger partial charge in [0.05, 0.1) is 18.2 Å². The molecule has 1 aliphatic heterocycles. The standard InChI is InChI=1S/C32H43N3O7S/c1-31(2,3)42-30(37)34-26(19-24-13-8-6-9-14-24)27(36)21-35(23-32(4,5)17-12-18-33)43(38,39)29-22-40-28(41-29)20-25-15-10-7-11-16-25/h6-11,13-16,22,26-28,36H,12,17,19-21,23H2,1-5H3,(H,34,37)/t26-,27-,28?/m0/s1. The van der Waals surface area contributed by atoms with E-state index in [1.165, 1.54) is 0 Å². The Morgan fingerprint density at radius 1 is 1.07 bits per heavy atom. The van der Waals surface area contributed by atoms with Crippen LogP contribution in [-0.2, 0) is 37.1 Å². The van der Waals surface area contributed by atoms with Gasteiger partial charge in [0.1, 0.15) is 11.9 Å². The van der Waals surface area contributed by atoms with Gasteiger partial charge in [-0.1, -0.05) is 74.5 Å². The highest BCUT2D eigenvalue weighted by Crippen LogP contribution is 2.30. The van der Waals surface area contributed by atoms with Crippen LogP contribution in [0.1, 0.15) is 58.6 Å². The van der Waals surface area contributed by atoms with Gasteiger partial charge in [-0.2, -0.15) is 9.57 Å². The molecule has 2 N–H and O–H groups in total. The predicted octanol–water partition coefficient (Wildman–Crippen LogP) is 4.86. The number of carbonyl (C=O) groups excluding carboxylic acids is 1. The molecule has 43 heavy (non-hydrogen) atoms. The van der Waals surface area contributed by atoms with Crippen molar-refractivity contribution < 1.29 is 32.5 Å². The highest BCUT2D eigenvalue weighted by molar-refractivity contribution is 7.92. The number of aliphatic hydroxyl groups is 1. The molecule has 0 spiro atoms. The van der Waals surface area contributed by atoms with Crippen LogP contribution in [0.5, 0.6) is 0 Å². The lowest BCUT2D eigenvalue weighted by Gasteiger charge is -2.34. The minimum Gasteiger partial charge on any atom is -0.457 e. The molecule has 1 amide bonds. The number of nitriles is 1. The number of hydrogen-bond donors (Lipinski definition) is 2. The van der Waals surface area contributed by atoms with Crippen LogP contribution in [0.15, 0.2) is 72.0 Å². The van der Waals surface area contributed by atoms with Crippen molar-refractivity contribution in [2.45, 2.75) is 84.3 Å².